The fourth-order valence-corrected chi connectivity index (χ4v) is 2.57. The first kappa shape index (κ1) is 13.5. The Morgan fingerprint density at radius 2 is 2.22 bits per heavy atom. The minimum absolute atomic E-state index is 0.301. The molecule has 0 bridgehead atoms. The van der Waals surface area contributed by atoms with Gasteiger partial charge in [-0.25, -0.2) is 0 Å². The van der Waals surface area contributed by atoms with Crippen LogP contribution < -0.4 is 11.3 Å². The average Bonchev–Trinajstić information content (AvgIpc) is 2.86. The molecule has 0 radical (unpaired) electrons. The van der Waals surface area contributed by atoms with Crippen LogP contribution in [-0.4, -0.2) is 18.8 Å². The van der Waals surface area contributed by atoms with Crippen LogP contribution in [-0.2, 0) is 11.2 Å². The lowest BCUT2D eigenvalue weighted by molar-refractivity contribution is 0.0946. The molecule has 3 N–H and O–H groups in total. The van der Waals surface area contributed by atoms with Gasteiger partial charge in [0.1, 0.15) is 0 Å². The normalized spacial score (nSPS) is 21.2. The SMILES string of the molecule is Cc1ccc(CC(CC2CCCO2)NN)cc1C. The highest BCUT2D eigenvalue weighted by Gasteiger charge is 2.20. The molecule has 2 unspecified atom stereocenters. The first-order valence-corrected chi connectivity index (χ1v) is 6.83. The van der Waals surface area contributed by atoms with E-state index in [0.29, 0.717) is 12.1 Å². The predicted molar refractivity (Wildman–Crippen MR) is 74.3 cm³/mol. The Morgan fingerprint density at radius 3 is 2.83 bits per heavy atom. The maximum Gasteiger partial charge on any atom is 0.0591 e. The van der Waals surface area contributed by atoms with E-state index in [4.69, 9.17) is 10.6 Å². The van der Waals surface area contributed by atoms with Crippen LogP contribution in [0.1, 0.15) is 36.0 Å². The molecule has 1 saturated heterocycles. The van der Waals surface area contributed by atoms with Gasteiger partial charge in [0.15, 0.2) is 0 Å². The third kappa shape index (κ3) is 3.55. The van der Waals surface area contributed by atoms with Crippen molar-refractivity contribution in [3.8, 4) is 0 Å². The summed E-state index contributed by atoms with van der Waals surface area (Å²) >= 11 is 0. The summed E-state index contributed by atoms with van der Waals surface area (Å²) in [6, 6.07) is 6.94. The van der Waals surface area contributed by atoms with E-state index in [9.17, 15) is 0 Å². The number of hydrazine groups is 1. The zero-order valence-electron chi connectivity index (χ0n) is 11.4. The van der Waals surface area contributed by atoms with Crippen LogP contribution in [0.5, 0.6) is 0 Å². The number of nitrogens with two attached hydrogens (primary N) is 1. The first-order valence-electron chi connectivity index (χ1n) is 6.83. The number of hydrogen-bond donors (Lipinski definition) is 2. The second-order valence-electron chi connectivity index (χ2n) is 5.36. The molecule has 1 aromatic carbocycles. The first-order chi connectivity index (χ1) is 8.69. The largest absolute Gasteiger partial charge is 0.378 e. The van der Waals surface area contributed by atoms with E-state index in [1.807, 2.05) is 0 Å². The highest BCUT2D eigenvalue weighted by atomic mass is 16.5. The van der Waals surface area contributed by atoms with Crippen LogP contribution in [0.3, 0.4) is 0 Å². The molecule has 2 rings (SSSR count). The minimum atomic E-state index is 0.301. The zero-order valence-corrected chi connectivity index (χ0v) is 11.4. The zero-order chi connectivity index (χ0) is 13.0. The Balaban J connectivity index is 1.94. The van der Waals surface area contributed by atoms with Crippen LogP contribution in [0.25, 0.3) is 0 Å². The summed E-state index contributed by atoms with van der Waals surface area (Å²) in [5.41, 5.74) is 6.97. The summed E-state index contributed by atoms with van der Waals surface area (Å²) in [5, 5.41) is 0. The Bertz CT molecular complexity index is 386. The van der Waals surface area contributed by atoms with Crippen molar-refractivity contribution >= 4 is 0 Å². The van der Waals surface area contributed by atoms with Crippen molar-refractivity contribution in [3.63, 3.8) is 0 Å². The van der Waals surface area contributed by atoms with Gasteiger partial charge >= 0.3 is 0 Å². The van der Waals surface area contributed by atoms with E-state index in [0.717, 1.165) is 19.4 Å². The van der Waals surface area contributed by atoms with Gasteiger partial charge in [0.05, 0.1) is 6.10 Å². The van der Waals surface area contributed by atoms with Crippen molar-refractivity contribution in [1.29, 1.82) is 0 Å². The molecular formula is C15H24N2O. The van der Waals surface area contributed by atoms with Gasteiger partial charge in [-0.15, -0.1) is 0 Å². The van der Waals surface area contributed by atoms with Gasteiger partial charge in [-0.3, -0.25) is 11.3 Å². The Kier molecular flexibility index (Phi) is 4.75. The van der Waals surface area contributed by atoms with Gasteiger partial charge in [-0.2, -0.15) is 0 Å². The Morgan fingerprint density at radius 1 is 1.39 bits per heavy atom. The maximum absolute atomic E-state index is 5.67. The van der Waals surface area contributed by atoms with Gasteiger partial charge < -0.3 is 4.74 Å². The maximum atomic E-state index is 5.67. The number of aryl methyl sites for hydroxylation is 2. The highest BCUT2D eigenvalue weighted by Crippen LogP contribution is 2.19. The van der Waals surface area contributed by atoms with Gasteiger partial charge in [0, 0.05) is 12.6 Å². The molecule has 3 nitrogen and oxygen atoms in total. The van der Waals surface area contributed by atoms with Gasteiger partial charge in [0.2, 0.25) is 0 Å². The van der Waals surface area contributed by atoms with Crippen LogP contribution in [0.4, 0.5) is 0 Å². The quantitative estimate of drug-likeness (QED) is 0.620. The molecule has 1 aliphatic rings. The van der Waals surface area contributed by atoms with E-state index in [1.165, 1.54) is 29.5 Å². The molecule has 0 amide bonds. The molecule has 1 aromatic rings. The number of benzene rings is 1. The number of hydrogen-bond acceptors (Lipinski definition) is 3. The molecule has 18 heavy (non-hydrogen) atoms. The molecule has 1 aliphatic heterocycles. The van der Waals surface area contributed by atoms with E-state index in [-0.39, 0.29) is 0 Å². The van der Waals surface area contributed by atoms with Crippen LogP contribution in [0.15, 0.2) is 18.2 Å². The summed E-state index contributed by atoms with van der Waals surface area (Å²) in [5.74, 6) is 5.66. The summed E-state index contributed by atoms with van der Waals surface area (Å²) in [6.07, 6.45) is 4.72. The lowest BCUT2D eigenvalue weighted by Gasteiger charge is -2.20. The molecule has 0 aliphatic carbocycles. The lowest BCUT2D eigenvalue weighted by Crippen LogP contribution is -2.39. The third-order valence-electron chi connectivity index (χ3n) is 3.86. The van der Waals surface area contributed by atoms with Gasteiger partial charge in [0.25, 0.3) is 0 Å². The van der Waals surface area contributed by atoms with Crippen molar-refractivity contribution in [2.24, 2.45) is 5.84 Å². The smallest absolute Gasteiger partial charge is 0.0591 e. The van der Waals surface area contributed by atoms with E-state index in [1.54, 1.807) is 0 Å². The summed E-state index contributed by atoms with van der Waals surface area (Å²) < 4.78 is 5.67. The van der Waals surface area contributed by atoms with E-state index in [2.05, 4.69) is 37.5 Å². The molecule has 0 saturated carbocycles. The average molecular weight is 248 g/mol. The molecule has 2 atom stereocenters. The predicted octanol–water partition coefficient (Wildman–Crippen LogP) is 2.25. The summed E-state index contributed by atoms with van der Waals surface area (Å²) in [6.45, 7) is 5.21. The molecule has 0 spiro atoms. The second-order valence-corrected chi connectivity index (χ2v) is 5.36. The fourth-order valence-electron chi connectivity index (χ4n) is 2.57. The lowest BCUT2D eigenvalue weighted by atomic mass is 9.97. The summed E-state index contributed by atoms with van der Waals surface area (Å²) in [4.78, 5) is 0. The minimum Gasteiger partial charge on any atom is -0.378 e. The van der Waals surface area contributed by atoms with Crippen LogP contribution in [0, 0.1) is 13.8 Å². The van der Waals surface area contributed by atoms with E-state index >= 15 is 0 Å². The van der Waals surface area contributed by atoms with Crippen molar-refractivity contribution in [2.75, 3.05) is 6.61 Å². The molecule has 0 aromatic heterocycles. The molecule has 1 heterocycles. The van der Waals surface area contributed by atoms with Crippen molar-refractivity contribution in [3.05, 3.63) is 34.9 Å². The van der Waals surface area contributed by atoms with Crippen molar-refractivity contribution < 1.29 is 4.74 Å². The number of rotatable bonds is 5. The van der Waals surface area contributed by atoms with Crippen LogP contribution >= 0.6 is 0 Å². The second kappa shape index (κ2) is 6.32. The topological polar surface area (TPSA) is 47.3 Å². The standard InChI is InChI=1S/C15H24N2O/c1-11-5-6-13(8-12(11)2)9-14(17-16)10-15-4-3-7-18-15/h5-6,8,14-15,17H,3-4,7,9-10,16H2,1-2H3. The molecule has 1 fully saturated rings. The Hall–Kier alpha value is -0.900. The van der Waals surface area contributed by atoms with E-state index < -0.39 is 0 Å². The Labute approximate surface area is 110 Å². The number of ether oxygens (including phenoxy) is 1. The summed E-state index contributed by atoms with van der Waals surface area (Å²) in [7, 11) is 0. The fraction of sp³-hybridized carbons (Fsp3) is 0.600. The molecule has 100 valence electrons. The monoisotopic (exact) mass is 248 g/mol. The van der Waals surface area contributed by atoms with Crippen molar-refractivity contribution in [1.82, 2.24) is 5.43 Å². The van der Waals surface area contributed by atoms with Crippen molar-refractivity contribution in [2.45, 2.75) is 51.7 Å². The molecular weight excluding hydrogens is 224 g/mol. The van der Waals surface area contributed by atoms with Gasteiger partial charge in [-0.05, 0) is 56.2 Å². The third-order valence-corrected chi connectivity index (χ3v) is 3.86. The van der Waals surface area contributed by atoms with Gasteiger partial charge in [-0.1, -0.05) is 18.2 Å². The van der Waals surface area contributed by atoms with Crippen LogP contribution in [0.2, 0.25) is 0 Å². The number of nitrogens with one attached hydrogen (secondary N) is 1. The highest BCUT2D eigenvalue weighted by molar-refractivity contribution is 5.30. The molecule has 3 heteroatoms.